The molecule has 0 spiro atoms. The van der Waals surface area contributed by atoms with Crippen molar-refractivity contribution in [2.45, 2.75) is 32.1 Å². The fourth-order valence-electron chi connectivity index (χ4n) is 3.83. The van der Waals surface area contributed by atoms with Crippen LogP contribution in [0.4, 0.5) is 5.69 Å². The summed E-state index contributed by atoms with van der Waals surface area (Å²) in [5.74, 6) is 1.19. The van der Waals surface area contributed by atoms with E-state index >= 15 is 0 Å². The van der Waals surface area contributed by atoms with E-state index in [0.717, 1.165) is 12.3 Å². The number of hydrogen-bond acceptors (Lipinski definition) is 3. The van der Waals surface area contributed by atoms with Crippen LogP contribution in [-0.4, -0.2) is 18.5 Å². The zero-order chi connectivity index (χ0) is 16.4. The van der Waals surface area contributed by atoms with Gasteiger partial charge in [0.1, 0.15) is 0 Å². The van der Waals surface area contributed by atoms with Crippen molar-refractivity contribution in [3.05, 3.63) is 28.2 Å². The lowest BCUT2D eigenvalue weighted by atomic mass is 9.86. The SMILES string of the molecule is O=C(COC(=O)C[C@@H]1C[C@H]2CC[C@@H]1C2)Nc1cc(Cl)ccc1Cl. The summed E-state index contributed by atoms with van der Waals surface area (Å²) in [5.41, 5.74) is 0.410. The highest BCUT2D eigenvalue weighted by Crippen LogP contribution is 2.49. The quantitative estimate of drug-likeness (QED) is 0.801. The minimum Gasteiger partial charge on any atom is -0.456 e. The number of anilines is 1. The molecule has 3 atom stereocenters. The van der Waals surface area contributed by atoms with Crippen molar-refractivity contribution in [2.24, 2.45) is 17.8 Å². The normalized spacial score (nSPS) is 25.4. The molecule has 0 saturated heterocycles. The van der Waals surface area contributed by atoms with Crippen LogP contribution in [0.1, 0.15) is 32.1 Å². The zero-order valence-corrected chi connectivity index (χ0v) is 14.2. The molecule has 2 aliphatic carbocycles. The molecule has 3 rings (SSSR count). The molecule has 23 heavy (non-hydrogen) atoms. The Morgan fingerprint density at radius 2 is 2.04 bits per heavy atom. The van der Waals surface area contributed by atoms with Crippen molar-refractivity contribution in [3.63, 3.8) is 0 Å². The van der Waals surface area contributed by atoms with Gasteiger partial charge in [0.2, 0.25) is 0 Å². The van der Waals surface area contributed by atoms with Crippen LogP contribution in [0.2, 0.25) is 10.0 Å². The van der Waals surface area contributed by atoms with Crippen LogP contribution in [0, 0.1) is 17.8 Å². The average molecular weight is 356 g/mol. The van der Waals surface area contributed by atoms with Crippen molar-refractivity contribution >= 4 is 40.8 Å². The Bertz CT molecular complexity index is 620. The van der Waals surface area contributed by atoms with Crippen molar-refractivity contribution in [1.29, 1.82) is 0 Å². The number of carbonyl (C=O) groups excluding carboxylic acids is 2. The Kier molecular flexibility index (Phi) is 5.12. The molecule has 0 unspecified atom stereocenters. The molecule has 0 heterocycles. The molecule has 2 saturated carbocycles. The summed E-state index contributed by atoms with van der Waals surface area (Å²) in [6.07, 6.45) is 5.34. The summed E-state index contributed by atoms with van der Waals surface area (Å²) in [7, 11) is 0. The van der Waals surface area contributed by atoms with Crippen LogP contribution in [0.5, 0.6) is 0 Å². The van der Waals surface area contributed by atoms with Gasteiger partial charge in [-0.2, -0.15) is 0 Å². The fourth-order valence-corrected chi connectivity index (χ4v) is 4.16. The highest BCUT2D eigenvalue weighted by Gasteiger charge is 2.40. The third kappa shape index (κ3) is 4.18. The van der Waals surface area contributed by atoms with Gasteiger partial charge in [-0.3, -0.25) is 9.59 Å². The summed E-state index contributed by atoms with van der Waals surface area (Å²) in [6, 6.07) is 4.79. The molecule has 2 bridgehead atoms. The molecule has 4 nitrogen and oxygen atoms in total. The van der Waals surface area contributed by atoms with Crippen LogP contribution in [0.25, 0.3) is 0 Å². The summed E-state index contributed by atoms with van der Waals surface area (Å²) in [5, 5.41) is 3.45. The number of carbonyl (C=O) groups is 2. The average Bonchev–Trinajstić information content (AvgIpc) is 3.11. The summed E-state index contributed by atoms with van der Waals surface area (Å²) in [6.45, 7) is -0.303. The molecule has 0 aliphatic heterocycles. The zero-order valence-electron chi connectivity index (χ0n) is 12.7. The lowest BCUT2D eigenvalue weighted by Crippen LogP contribution is -2.23. The van der Waals surface area contributed by atoms with Gasteiger partial charge in [0.15, 0.2) is 6.61 Å². The standard InChI is InChI=1S/C17H19Cl2NO3/c18-13-3-4-14(19)15(8-13)20-16(21)9-23-17(22)7-12-6-10-1-2-11(12)5-10/h3-4,8,10-12H,1-2,5-7,9H2,(H,20,21)/t10-,11+,12-/m0/s1. The Morgan fingerprint density at radius 1 is 1.22 bits per heavy atom. The fraction of sp³-hybridized carbons (Fsp3) is 0.529. The molecule has 124 valence electrons. The third-order valence-electron chi connectivity index (χ3n) is 4.88. The van der Waals surface area contributed by atoms with Crippen molar-refractivity contribution in [1.82, 2.24) is 0 Å². The Morgan fingerprint density at radius 3 is 2.74 bits per heavy atom. The first-order valence-electron chi connectivity index (χ1n) is 7.92. The van der Waals surface area contributed by atoms with Gasteiger partial charge in [-0.05, 0) is 55.2 Å². The van der Waals surface area contributed by atoms with E-state index < -0.39 is 5.91 Å². The minimum atomic E-state index is -0.421. The molecular formula is C17H19Cl2NO3. The van der Waals surface area contributed by atoms with Gasteiger partial charge in [0.05, 0.1) is 10.7 Å². The highest BCUT2D eigenvalue weighted by atomic mass is 35.5. The third-order valence-corrected chi connectivity index (χ3v) is 5.44. The first kappa shape index (κ1) is 16.6. The lowest BCUT2D eigenvalue weighted by Gasteiger charge is -2.20. The minimum absolute atomic E-state index is 0.296. The van der Waals surface area contributed by atoms with E-state index in [-0.39, 0.29) is 12.6 Å². The summed E-state index contributed by atoms with van der Waals surface area (Å²) in [4.78, 5) is 23.8. The molecule has 6 heteroatoms. The van der Waals surface area contributed by atoms with Gasteiger partial charge in [0.25, 0.3) is 5.91 Å². The number of benzene rings is 1. The summed E-state index contributed by atoms with van der Waals surface area (Å²) >= 11 is 11.8. The van der Waals surface area contributed by atoms with Gasteiger partial charge in [0, 0.05) is 11.4 Å². The largest absolute Gasteiger partial charge is 0.456 e. The molecular weight excluding hydrogens is 337 g/mol. The second kappa shape index (κ2) is 7.10. The molecule has 1 N–H and O–H groups in total. The Balaban J connectivity index is 1.43. The number of rotatable bonds is 5. The molecule has 0 radical (unpaired) electrons. The van der Waals surface area contributed by atoms with Crippen LogP contribution in [-0.2, 0) is 14.3 Å². The maximum atomic E-state index is 11.9. The lowest BCUT2D eigenvalue weighted by molar-refractivity contribution is -0.148. The first-order chi connectivity index (χ1) is 11.0. The van der Waals surface area contributed by atoms with Crippen LogP contribution < -0.4 is 5.32 Å². The van der Waals surface area contributed by atoms with Gasteiger partial charge < -0.3 is 10.1 Å². The number of halogens is 2. The van der Waals surface area contributed by atoms with Gasteiger partial charge in [-0.1, -0.05) is 29.6 Å². The molecule has 2 fully saturated rings. The van der Waals surface area contributed by atoms with E-state index in [1.165, 1.54) is 19.3 Å². The topological polar surface area (TPSA) is 55.4 Å². The van der Waals surface area contributed by atoms with Crippen LogP contribution >= 0.6 is 23.2 Å². The predicted molar refractivity (Wildman–Crippen MR) is 89.6 cm³/mol. The monoisotopic (exact) mass is 355 g/mol. The maximum absolute atomic E-state index is 11.9. The van der Waals surface area contributed by atoms with Crippen molar-refractivity contribution < 1.29 is 14.3 Å². The smallest absolute Gasteiger partial charge is 0.306 e. The Hall–Kier alpha value is -1.26. The molecule has 0 aromatic heterocycles. The highest BCUT2D eigenvalue weighted by molar-refractivity contribution is 6.35. The van der Waals surface area contributed by atoms with Crippen LogP contribution in [0.3, 0.4) is 0 Å². The summed E-state index contributed by atoms with van der Waals surface area (Å²) < 4.78 is 5.09. The molecule has 1 aromatic rings. The van der Waals surface area contributed by atoms with E-state index in [1.54, 1.807) is 18.2 Å². The van der Waals surface area contributed by atoms with E-state index in [4.69, 9.17) is 27.9 Å². The molecule has 1 amide bonds. The number of esters is 1. The second-order valence-electron chi connectivity index (χ2n) is 6.47. The van der Waals surface area contributed by atoms with Gasteiger partial charge in [-0.25, -0.2) is 0 Å². The first-order valence-corrected chi connectivity index (χ1v) is 8.67. The number of amides is 1. The van der Waals surface area contributed by atoms with E-state index in [1.807, 2.05) is 0 Å². The van der Waals surface area contributed by atoms with E-state index in [2.05, 4.69) is 5.32 Å². The molecule has 2 aliphatic rings. The van der Waals surface area contributed by atoms with Crippen molar-refractivity contribution in [2.75, 3.05) is 11.9 Å². The van der Waals surface area contributed by atoms with Gasteiger partial charge >= 0.3 is 5.97 Å². The number of hydrogen-bond donors (Lipinski definition) is 1. The maximum Gasteiger partial charge on any atom is 0.306 e. The Labute approximate surface area is 145 Å². The van der Waals surface area contributed by atoms with Crippen LogP contribution in [0.15, 0.2) is 18.2 Å². The van der Waals surface area contributed by atoms with Crippen molar-refractivity contribution in [3.8, 4) is 0 Å². The number of fused-ring (bicyclic) bond motifs is 2. The van der Waals surface area contributed by atoms with E-state index in [9.17, 15) is 9.59 Å². The molecule has 1 aromatic carbocycles. The van der Waals surface area contributed by atoms with Gasteiger partial charge in [-0.15, -0.1) is 0 Å². The predicted octanol–water partition coefficient (Wildman–Crippen LogP) is 4.30. The van der Waals surface area contributed by atoms with E-state index in [0.29, 0.717) is 34.0 Å². The second-order valence-corrected chi connectivity index (χ2v) is 7.32. The number of ether oxygens (including phenoxy) is 1. The number of nitrogens with one attached hydrogen (secondary N) is 1.